The molecular formula is C24H18N4. The first-order chi connectivity index (χ1) is 13.8. The molecular weight excluding hydrogens is 344 g/mol. The van der Waals surface area contributed by atoms with Crippen molar-refractivity contribution < 1.29 is 0 Å². The standard InChI is InChI=1S/C24H18N4/c25-23-21-8-1-2-9-22(21)24(28-23,19-10-13-26-14-11-19)20-7-3-5-17(15-20)18-6-4-12-27-16-18/h1-16H,(H2,25,28). The molecule has 2 N–H and O–H groups in total. The molecule has 4 heteroatoms. The number of aliphatic imine (C=N–C) groups is 1. The molecule has 1 aliphatic heterocycles. The summed E-state index contributed by atoms with van der Waals surface area (Å²) in [6.45, 7) is 0. The molecule has 0 saturated heterocycles. The highest BCUT2D eigenvalue weighted by Crippen LogP contribution is 2.46. The fraction of sp³-hybridized carbons (Fsp3) is 0.0417. The summed E-state index contributed by atoms with van der Waals surface area (Å²) in [7, 11) is 0. The lowest BCUT2D eigenvalue weighted by Crippen LogP contribution is -2.25. The summed E-state index contributed by atoms with van der Waals surface area (Å²) in [6, 6.07) is 24.6. The highest BCUT2D eigenvalue weighted by molar-refractivity contribution is 6.03. The molecule has 0 aliphatic carbocycles. The van der Waals surface area contributed by atoms with Crippen LogP contribution in [0.1, 0.15) is 22.3 Å². The highest BCUT2D eigenvalue weighted by atomic mass is 15.0. The van der Waals surface area contributed by atoms with Gasteiger partial charge in [0, 0.05) is 30.4 Å². The third-order valence-electron chi connectivity index (χ3n) is 5.25. The predicted molar refractivity (Wildman–Crippen MR) is 111 cm³/mol. The molecule has 1 atom stereocenters. The van der Waals surface area contributed by atoms with Crippen molar-refractivity contribution in [1.29, 1.82) is 0 Å². The molecule has 134 valence electrons. The number of hydrogen-bond donors (Lipinski definition) is 1. The first-order valence-corrected chi connectivity index (χ1v) is 9.16. The zero-order valence-electron chi connectivity index (χ0n) is 15.2. The van der Waals surface area contributed by atoms with Crippen molar-refractivity contribution in [3.8, 4) is 11.1 Å². The number of rotatable bonds is 3. The van der Waals surface area contributed by atoms with Gasteiger partial charge in [0.15, 0.2) is 0 Å². The highest BCUT2D eigenvalue weighted by Gasteiger charge is 2.42. The van der Waals surface area contributed by atoms with E-state index in [4.69, 9.17) is 10.7 Å². The average molecular weight is 362 g/mol. The fourth-order valence-corrected chi connectivity index (χ4v) is 3.98. The van der Waals surface area contributed by atoms with E-state index < -0.39 is 5.54 Å². The molecule has 0 spiro atoms. The second kappa shape index (κ2) is 6.43. The van der Waals surface area contributed by atoms with Gasteiger partial charge in [0.05, 0.1) is 0 Å². The molecule has 4 aromatic rings. The van der Waals surface area contributed by atoms with Gasteiger partial charge >= 0.3 is 0 Å². The van der Waals surface area contributed by atoms with Gasteiger partial charge in [0.2, 0.25) is 0 Å². The Morgan fingerprint density at radius 2 is 1.50 bits per heavy atom. The monoisotopic (exact) mass is 362 g/mol. The molecule has 2 aromatic heterocycles. The Labute approximate surface area is 163 Å². The Morgan fingerprint density at radius 3 is 2.32 bits per heavy atom. The van der Waals surface area contributed by atoms with Crippen LogP contribution in [0.25, 0.3) is 11.1 Å². The van der Waals surface area contributed by atoms with Crippen molar-refractivity contribution in [2.45, 2.75) is 5.54 Å². The largest absolute Gasteiger partial charge is 0.383 e. The number of hydrogen-bond acceptors (Lipinski definition) is 4. The van der Waals surface area contributed by atoms with Crippen LogP contribution >= 0.6 is 0 Å². The second-order valence-corrected chi connectivity index (χ2v) is 6.81. The van der Waals surface area contributed by atoms with Gasteiger partial charge in [0.25, 0.3) is 0 Å². The lowest BCUT2D eigenvalue weighted by atomic mass is 9.77. The Hall–Kier alpha value is -3.79. The number of nitrogens with zero attached hydrogens (tertiary/aromatic N) is 3. The lowest BCUT2D eigenvalue weighted by molar-refractivity contribution is 0.670. The van der Waals surface area contributed by atoms with E-state index in [0.717, 1.165) is 33.4 Å². The summed E-state index contributed by atoms with van der Waals surface area (Å²) in [5.74, 6) is 0.555. The quantitative estimate of drug-likeness (QED) is 0.595. The third kappa shape index (κ3) is 2.42. The molecule has 1 aliphatic rings. The van der Waals surface area contributed by atoms with Gasteiger partial charge in [-0.05, 0) is 52.1 Å². The van der Waals surface area contributed by atoms with E-state index in [2.05, 4.69) is 46.4 Å². The number of aromatic nitrogens is 2. The summed E-state index contributed by atoms with van der Waals surface area (Å²) in [6.07, 6.45) is 7.26. The molecule has 28 heavy (non-hydrogen) atoms. The summed E-state index contributed by atoms with van der Waals surface area (Å²) in [5.41, 5.74) is 12.0. The molecule has 0 bridgehead atoms. The third-order valence-corrected chi connectivity index (χ3v) is 5.25. The van der Waals surface area contributed by atoms with Gasteiger partial charge in [-0.3, -0.25) is 9.97 Å². The Morgan fingerprint density at radius 1 is 0.679 bits per heavy atom. The van der Waals surface area contributed by atoms with Gasteiger partial charge in [0.1, 0.15) is 11.4 Å². The van der Waals surface area contributed by atoms with Crippen LogP contribution in [-0.2, 0) is 5.54 Å². The molecule has 0 fully saturated rings. The lowest BCUT2D eigenvalue weighted by Gasteiger charge is -2.29. The average Bonchev–Trinajstić information content (AvgIpc) is 3.09. The van der Waals surface area contributed by atoms with Gasteiger partial charge in [-0.15, -0.1) is 0 Å². The number of pyridine rings is 2. The van der Waals surface area contributed by atoms with Crippen LogP contribution in [0.15, 0.2) is 103 Å². The summed E-state index contributed by atoms with van der Waals surface area (Å²) >= 11 is 0. The topological polar surface area (TPSA) is 64.2 Å². The first-order valence-electron chi connectivity index (χ1n) is 9.16. The first kappa shape index (κ1) is 16.4. The number of fused-ring (bicyclic) bond motifs is 1. The summed E-state index contributed by atoms with van der Waals surface area (Å²) < 4.78 is 0. The van der Waals surface area contributed by atoms with Crippen molar-refractivity contribution in [1.82, 2.24) is 9.97 Å². The maximum atomic E-state index is 6.37. The van der Waals surface area contributed by atoms with Gasteiger partial charge in [-0.25, -0.2) is 4.99 Å². The van der Waals surface area contributed by atoms with E-state index in [1.165, 1.54) is 0 Å². The van der Waals surface area contributed by atoms with E-state index in [9.17, 15) is 0 Å². The maximum absolute atomic E-state index is 6.37. The summed E-state index contributed by atoms with van der Waals surface area (Å²) in [5, 5.41) is 0. The van der Waals surface area contributed by atoms with E-state index in [0.29, 0.717) is 5.84 Å². The van der Waals surface area contributed by atoms with Gasteiger partial charge < -0.3 is 5.73 Å². The number of nitrogens with two attached hydrogens (primary N) is 1. The molecule has 2 aromatic carbocycles. The smallest absolute Gasteiger partial charge is 0.139 e. The van der Waals surface area contributed by atoms with Crippen LogP contribution in [0.3, 0.4) is 0 Å². The molecule has 0 saturated carbocycles. The minimum Gasteiger partial charge on any atom is -0.383 e. The van der Waals surface area contributed by atoms with Crippen molar-refractivity contribution in [3.05, 3.63) is 120 Å². The van der Waals surface area contributed by atoms with Gasteiger partial charge in [-0.1, -0.05) is 48.5 Å². The normalized spacial score (nSPS) is 17.8. The van der Waals surface area contributed by atoms with Crippen molar-refractivity contribution in [3.63, 3.8) is 0 Å². The molecule has 5 rings (SSSR count). The Kier molecular flexibility index (Phi) is 3.76. The van der Waals surface area contributed by atoms with Crippen molar-refractivity contribution in [2.75, 3.05) is 0 Å². The van der Waals surface area contributed by atoms with Gasteiger partial charge in [-0.2, -0.15) is 0 Å². The van der Waals surface area contributed by atoms with Crippen LogP contribution in [-0.4, -0.2) is 15.8 Å². The molecule has 4 nitrogen and oxygen atoms in total. The van der Waals surface area contributed by atoms with Crippen molar-refractivity contribution >= 4 is 5.84 Å². The molecule has 0 amide bonds. The Balaban J connectivity index is 1.79. The van der Waals surface area contributed by atoms with E-state index in [1.807, 2.05) is 42.6 Å². The van der Waals surface area contributed by atoms with E-state index >= 15 is 0 Å². The maximum Gasteiger partial charge on any atom is 0.139 e. The number of benzene rings is 2. The molecule has 1 unspecified atom stereocenters. The number of amidine groups is 1. The minimum absolute atomic E-state index is 0.555. The van der Waals surface area contributed by atoms with Crippen LogP contribution in [0.2, 0.25) is 0 Å². The van der Waals surface area contributed by atoms with Crippen LogP contribution in [0, 0.1) is 0 Å². The zero-order chi connectivity index (χ0) is 19.0. The molecule has 0 radical (unpaired) electrons. The van der Waals surface area contributed by atoms with Crippen LogP contribution in [0.5, 0.6) is 0 Å². The summed E-state index contributed by atoms with van der Waals surface area (Å²) in [4.78, 5) is 13.5. The SMILES string of the molecule is NC1=NC(c2ccncc2)(c2cccc(-c3cccnc3)c2)c2ccccc21. The van der Waals surface area contributed by atoms with Crippen LogP contribution in [0.4, 0.5) is 0 Å². The zero-order valence-corrected chi connectivity index (χ0v) is 15.2. The predicted octanol–water partition coefficient (Wildman–Crippen LogP) is 4.15. The van der Waals surface area contributed by atoms with Crippen molar-refractivity contribution in [2.24, 2.45) is 10.7 Å². The molecule has 3 heterocycles. The minimum atomic E-state index is -0.693. The van der Waals surface area contributed by atoms with E-state index in [-0.39, 0.29) is 0 Å². The Bertz CT molecular complexity index is 1170. The second-order valence-electron chi connectivity index (χ2n) is 6.81. The fourth-order valence-electron chi connectivity index (χ4n) is 3.98. The van der Waals surface area contributed by atoms with Crippen LogP contribution < -0.4 is 5.73 Å². The van der Waals surface area contributed by atoms with E-state index in [1.54, 1.807) is 18.6 Å².